The maximum Gasteiger partial charge on any atom is 0.275 e. The molecule has 5 heteroatoms. The summed E-state index contributed by atoms with van der Waals surface area (Å²) in [7, 11) is 0. The van der Waals surface area contributed by atoms with E-state index in [0.29, 0.717) is 18.8 Å². The zero-order chi connectivity index (χ0) is 15.8. The molecule has 116 valence electrons. The second kappa shape index (κ2) is 8.32. The van der Waals surface area contributed by atoms with E-state index >= 15 is 0 Å². The number of allylic oxidation sites excluding steroid dienone is 1. The highest BCUT2D eigenvalue weighted by Crippen LogP contribution is 2.27. The Hall–Kier alpha value is -2.01. The number of hydrogen-bond donors (Lipinski definition) is 2. The van der Waals surface area contributed by atoms with Gasteiger partial charge in [-0.2, -0.15) is 0 Å². The van der Waals surface area contributed by atoms with Crippen molar-refractivity contribution in [3.05, 3.63) is 36.4 Å². The molecular weight excluding hydrogens is 268 g/mol. The van der Waals surface area contributed by atoms with E-state index in [1.807, 2.05) is 39.0 Å². The first kappa shape index (κ1) is 17.0. The van der Waals surface area contributed by atoms with Crippen LogP contribution in [0, 0.1) is 5.92 Å². The molecule has 0 aromatic heterocycles. The van der Waals surface area contributed by atoms with Crippen LogP contribution in [0.1, 0.15) is 26.3 Å². The average molecular weight is 292 g/mol. The SMILES string of the molecule is C=CCc1cc(OCC)ccc1OC(C(=O)NN)C(C)C. The summed E-state index contributed by atoms with van der Waals surface area (Å²) in [6.07, 6.45) is 1.77. The van der Waals surface area contributed by atoms with Gasteiger partial charge in [0, 0.05) is 5.56 Å². The van der Waals surface area contributed by atoms with E-state index < -0.39 is 6.10 Å². The van der Waals surface area contributed by atoms with Crippen molar-refractivity contribution in [3.63, 3.8) is 0 Å². The van der Waals surface area contributed by atoms with Gasteiger partial charge in [0.15, 0.2) is 6.10 Å². The van der Waals surface area contributed by atoms with E-state index in [1.165, 1.54) is 0 Å². The normalized spacial score (nSPS) is 11.9. The van der Waals surface area contributed by atoms with Crippen LogP contribution < -0.4 is 20.7 Å². The maximum atomic E-state index is 11.8. The first-order chi connectivity index (χ1) is 10.0. The van der Waals surface area contributed by atoms with Crippen LogP contribution >= 0.6 is 0 Å². The first-order valence-electron chi connectivity index (χ1n) is 7.07. The van der Waals surface area contributed by atoms with Crippen LogP contribution in [0.3, 0.4) is 0 Å². The molecule has 0 fully saturated rings. The summed E-state index contributed by atoms with van der Waals surface area (Å²) in [5, 5.41) is 0. The Balaban J connectivity index is 3.04. The Bertz CT molecular complexity index is 486. The average Bonchev–Trinajstić information content (AvgIpc) is 2.46. The molecule has 1 amide bonds. The summed E-state index contributed by atoms with van der Waals surface area (Å²) >= 11 is 0. The molecule has 0 aliphatic rings. The molecule has 5 nitrogen and oxygen atoms in total. The Morgan fingerprint density at radius 2 is 2.19 bits per heavy atom. The van der Waals surface area contributed by atoms with Crippen molar-refractivity contribution in [1.29, 1.82) is 0 Å². The number of ether oxygens (including phenoxy) is 2. The van der Waals surface area contributed by atoms with Crippen molar-refractivity contribution in [1.82, 2.24) is 5.43 Å². The first-order valence-corrected chi connectivity index (χ1v) is 7.07. The number of nitrogens with one attached hydrogen (secondary N) is 1. The monoisotopic (exact) mass is 292 g/mol. The molecular formula is C16H24N2O3. The topological polar surface area (TPSA) is 73.6 Å². The van der Waals surface area contributed by atoms with Crippen LogP contribution in [0.5, 0.6) is 11.5 Å². The fraction of sp³-hybridized carbons (Fsp3) is 0.438. The van der Waals surface area contributed by atoms with E-state index in [2.05, 4.69) is 12.0 Å². The number of carbonyl (C=O) groups is 1. The number of hydrazine groups is 1. The third-order valence-electron chi connectivity index (χ3n) is 2.97. The van der Waals surface area contributed by atoms with E-state index in [4.69, 9.17) is 15.3 Å². The van der Waals surface area contributed by atoms with Crippen molar-refractivity contribution < 1.29 is 14.3 Å². The van der Waals surface area contributed by atoms with Gasteiger partial charge in [-0.1, -0.05) is 19.9 Å². The number of hydrogen-bond acceptors (Lipinski definition) is 4. The standard InChI is InChI=1S/C16H24N2O3/c1-5-7-12-10-13(20-6-2)8-9-14(12)21-15(11(3)4)16(19)18-17/h5,8-11,15H,1,6-7,17H2,2-4H3,(H,18,19). The number of amides is 1. The molecule has 1 aromatic carbocycles. The molecule has 0 spiro atoms. The lowest BCUT2D eigenvalue weighted by Gasteiger charge is -2.22. The zero-order valence-corrected chi connectivity index (χ0v) is 12.9. The summed E-state index contributed by atoms with van der Waals surface area (Å²) in [6, 6.07) is 5.53. The molecule has 1 atom stereocenters. The lowest BCUT2D eigenvalue weighted by Crippen LogP contribution is -2.44. The highest BCUT2D eigenvalue weighted by molar-refractivity contribution is 5.80. The summed E-state index contributed by atoms with van der Waals surface area (Å²) in [5.41, 5.74) is 3.06. The Labute approximate surface area is 126 Å². The third kappa shape index (κ3) is 4.79. The molecule has 0 aliphatic heterocycles. The summed E-state index contributed by atoms with van der Waals surface area (Å²) in [4.78, 5) is 11.8. The van der Waals surface area contributed by atoms with Gasteiger partial charge in [-0.25, -0.2) is 5.84 Å². The minimum atomic E-state index is -0.642. The fourth-order valence-electron chi connectivity index (χ4n) is 1.95. The fourth-order valence-corrected chi connectivity index (χ4v) is 1.95. The van der Waals surface area contributed by atoms with Crippen molar-refractivity contribution >= 4 is 5.91 Å². The quantitative estimate of drug-likeness (QED) is 0.333. The van der Waals surface area contributed by atoms with Gasteiger partial charge in [0.2, 0.25) is 0 Å². The Kier molecular flexibility index (Phi) is 6.75. The molecule has 0 saturated heterocycles. The maximum absolute atomic E-state index is 11.8. The van der Waals surface area contributed by atoms with E-state index in [9.17, 15) is 4.79 Å². The second-order valence-corrected chi connectivity index (χ2v) is 4.99. The number of rotatable bonds is 8. The molecule has 3 N–H and O–H groups in total. The van der Waals surface area contributed by atoms with Crippen LogP contribution in [0.25, 0.3) is 0 Å². The second-order valence-electron chi connectivity index (χ2n) is 4.99. The lowest BCUT2D eigenvalue weighted by atomic mass is 10.1. The van der Waals surface area contributed by atoms with Gasteiger partial charge < -0.3 is 9.47 Å². The van der Waals surface area contributed by atoms with Crippen molar-refractivity contribution in [2.45, 2.75) is 33.3 Å². The molecule has 1 aromatic rings. The zero-order valence-electron chi connectivity index (χ0n) is 12.9. The smallest absolute Gasteiger partial charge is 0.275 e. The van der Waals surface area contributed by atoms with Crippen LogP contribution in [-0.2, 0) is 11.2 Å². The number of carbonyl (C=O) groups excluding carboxylic acids is 1. The molecule has 0 radical (unpaired) electrons. The third-order valence-corrected chi connectivity index (χ3v) is 2.97. The molecule has 0 aliphatic carbocycles. The lowest BCUT2D eigenvalue weighted by molar-refractivity contribution is -0.129. The van der Waals surface area contributed by atoms with Crippen molar-refractivity contribution in [2.24, 2.45) is 11.8 Å². The predicted octanol–water partition coefficient (Wildman–Crippen LogP) is 2.21. The van der Waals surface area contributed by atoms with Crippen molar-refractivity contribution in [3.8, 4) is 11.5 Å². The van der Waals surface area contributed by atoms with Gasteiger partial charge in [-0.15, -0.1) is 6.58 Å². The summed E-state index contributed by atoms with van der Waals surface area (Å²) in [5.74, 6) is 6.27. The predicted molar refractivity (Wildman–Crippen MR) is 83.1 cm³/mol. The van der Waals surface area contributed by atoms with Gasteiger partial charge >= 0.3 is 0 Å². The van der Waals surface area contributed by atoms with Gasteiger partial charge in [0.05, 0.1) is 6.61 Å². The van der Waals surface area contributed by atoms with E-state index in [1.54, 1.807) is 6.08 Å². The largest absolute Gasteiger partial charge is 0.494 e. The van der Waals surface area contributed by atoms with E-state index in [-0.39, 0.29) is 11.8 Å². The summed E-state index contributed by atoms with van der Waals surface area (Å²) in [6.45, 7) is 10.1. The van der Waals surface area contributed by atoms with Crippen LogP contribution in [-0.4, -0.2) is 18.6 Å². The van der Waals surface area contributed by atoms with Gasteiger partial charge in [0.1, 0.15) is 11.5 Å². The van der Waals surface area contributed by atoms with Gasteiger partial charge in [-0.3, -0.25) is 10.2 Å². The molecule has 1 unspecified atom stereocenters. The number of nitrogens with two attached hydrogens (primary N) is 1. The minimum absolute atomic E-state index is 0.00306. The molecule has 21 heavy (non-hydrogen) atoms. The van der Waals surface area contributed by atoms with E-state index in [0.717, 1.165) is 11.3 Å². The molecule has 0 saturated carbocycles. The van der Waals surface area contributed by atoms with Crippen LogP contribution in [0.15, 0.2) is 30.9 Å². The highest BCUT2D eigenvalue weighted by Gasteiger charge is 2.24. The minimum Gasteiger partial charge on any atom is -0.494 e. The van der Waals surface area contributed by atoms with Crippen molar-refractivity contribution in [2.75, 3.05) is 6.61 Å². The Morgan fingerprint density at radius 3 is 2.71 bits per heavy atom. The van der Waals surface area contributed by atoms with Gasteiger partial charge in [0.25, 0.3) is 5.91 Å². The Morgan fingerprint density at radius 1 is 1.48 bits per heavy atom. The molecule has 0 bridgehead atoms. The molecule has 0 heterocycles. The number of benzene rings is 1. The van der Waals surface area contributed by atoms with Gasteiger partial charge in [-0.05, 0) is 37.5 Å². The van der Waals surface area contributed by atoms with Crippen LogP contribution in [0.4, 0.5) is 0 Å². The summed E-state index contributed by atoms with van der Waals surface area (Å²) < 4.78 is 11.3. The highest BCUT2D eigenvalue weighted by atomic mass is 16.5. The van der Waals surface area contributed by atoms with Crippen LogP contribution in [0.2, 0.25) is 0 Å². The molecule has 1 rings (SSSR count).